The molecule has 0 unspecified atom stereocenters. The summed E-state index contributed by atoms with van der Waals surface area (Å²) in [6.45, 7) is 7.14. The van der Waals surface area contributed by atoms with Crippen molar-refractivity contribution in [3.63, 3.8) is 0 Å². The number of nitrogens with zero attached hydrogens (tertiary/aromatic N) is 5. The Morgan fingerprint density at radius 2 is 1.57 bits per heavy atom. The summed E-state index contributed by atoms with van der Waals surface area (Å²) in [7, 11) is 0. The SMILES string of the molecule is [C-]#[N+]c1ccc(N(Cc2ccc(CF)cc2)n2cnnc2)cc1. The van der Waals surface area contributed by atoms with Crippen LogP contribution >= 0.6 is 0 Å². The van der Waals surface area contributed by atoms with E-state index >= 15 is 0 Å². The number of hydrogen-bond donors (Lipinski definition) is 0. The molecule has 0 saturated carbocycles. The summed E-state index contributed by atoms with van der Waals surface area (Å²) in [5.41, 5.74) is 3.19. The van der Waals surface area contributed by atoms with Crippen LogP contribution in [0.2, 0.25) is 0 Å². The minimum Gasteiger partial charge on any atom is -0.275 e. The van der Waals surface area contributed by atoms with Crippen LogP contribution < -0.4 is 5.01 Å². The standard InChI is InChI=1S/C17H14FN5/c1-19-16-6-8-17(9-7-16)23(22-12-20-21-13-22)11-15-4-2-14(10-18)3-5-15/h2-9,12-13H,10-11H2. The van der Waals surface area contributed by atoms with Gasteiger partial charge in [0.25, 0.3) is 0 Å². The van der Waals surface area contributed by atoms with E-state index in [9.17, 15) is 4.39 Å². The number of rotatable bonds is 5. The summed E-state index contributed by atoms with van der Waals surface area (Å²) in [6.07, 6.45) is 3.22. The molecule has 0 atom stereocenters. The Kier molecular flexibility index (Phi) is 4.29. The third-order valence-electron chi connectivity index (χ3n) is 3.47. The van der Waals surface area contributed by atoms with Crippen LogP contribution in [-0.4, -0.2) is 14.9 Å². The Balaban J connectivity index is 1.90. The van der Waals surface area contributed by atoms with Crippen molar-refractivity contribution >= 4 is 11.4 Å². The second-order valence-corrected chi connectivity index (χ2v) is 4.98. The molecule has 0 aliphatic rings. The number of aromatic nitrogens is 3. The van der Waals surface area contributed by atoms with E-state index < -0.39 is 6.67 Å². The van der Waals surface area contributed by atoms with Gasteiger partial charge in [-0.2, -0.15) is 0 Å². The van der Waals surface area contributed by atoms with Gasteiger partial charge in [-0.3, -0.25) is 5.01 Å². The maximum Gasteiger partial charge on any atom is 0.187 e. The molecule has 1 heterocycles. The molecule has 0 bridgehead atoms. The average Bonchev–Trinajstić information content (AvgIpc) is 3.15. The highest BCUT2D eigenvalue weighted by atomic mass is 19.1. The van der Waals surface area contributed by atoms with Crippen molar-refractivity contribution in [2.45, 2.75) is 13.2 Å². The summed E-state index contributed by atoms with van der Waals surface area (Å²) >= 11 is 0. The van der Waals surface area contributed by atoms with E-state index in [0.717, 1.165) is 11.3 Å². The zero-order chi connectivity index (χ0) is 16.1. The molecule has 0 saturated heterocycles. The lowest BCUT2D eigenvalue weighted by molar-refractivity contribution is 0.485. The van der Waals surface area contributed by atoms with Gasteiger partial charge in [0.05, 0.1) is 18.8 Å². The van der Waals surface area contributed by atoms with E-state index in [1.54, 1.807) is 41.6 Å². The Bertz CT molecular complexity index is 789. The molecule has 0 N–H and O–H groups in total. The average molecular weight is 307 g/mol. The molecule has 3 rings (SSSR count). The Morgan fingerprint density at radius 3 is 2.13 bits per heavy atom. The fourth-order valence-corrected chi connectivity index (χ4v) is 2.23. The quantitative estimate of drug-likeness (QED) is 0.674. The van der Waals surface area contributed by atoms with Crippen LogP contribution in [-0.2, 0) is 13.2 Å². The predicted molar refractivity (Wildman–Crippen MR) is 85.6 cm³/mol. The molecular formula is C17H14FN5. The van der Waals surface area contributed by atoms with Gasteiger partial charge in [0, 0.05) is 0 Å². The lowest BCUT2D eigenvalue weighted by Gasteiger charge is -2.25. The smallest absolute Gasteiger partial charge is 0.187 e. The zero-order valence-electron chi connectivity index (χ0n) is 12.3. The molecule has 3 aromatic rings. The highest BCUT2D eigenvalue weighted by Gasteiger charge is 2.10. The molecule has 6 heteroatoms. The molecule has 23 heavy (non-hydrogen) atoms. The first kappa shape index (κ1) is 14.7. The molecule has 0 spiro atoms. The van der Waals surface area contributed by atoms with Crippen LogP contribution in [0, 0.1) is 6.57 Å². The van der Waals surface area contributed by atoms with Gasteiger partial charge in [-0.15, -0.1) is 10.2 Å². The van der Waals surface area contributed by atoms with Crippen molar-refractivity contribution in [1.29, 1.82) is 0 Å². The summed E-state index contributed by atoms with van der Waals surface area (Å²) in [4.78, 5) is 3.40. The molecule has 114 valence electrons. The van der Waals surface area contributed by atoms with Crippen molar-refractivity contribution in [2.75, 3.05) is 5.01 Å². The third-order valence-corrected chi connectivity index (χ3v) is 3.47. The number of benzene rings is 2. The van der Waals surface area contributed by atoms with Gasteiger partial charge in [0.2, 0.25) is 0 Å². The van der Waals surface area contributed by atoms with Gasteiger partial charge in [-0.05, 0) is 23.3 Å². The Hall–Kier alpha value is -3.20. The lowest BCUT2D eigenvalue weighted by Crippen LogP contribution is -2.27. The van der Waals surface area contributed by atoms with Crippen LogP contribution in [0.4, 0.5) is 15.8 Å². The Labute approximate surface area is 133 Å². The van der Waals surface area contributed by atoms with Gasteiger partial charge >= 0.3 is 0 Å². The molecule has 2 aromatic carbocycles. The van der Waals surface area contributed by atoms with Crippen LogP contribution in [0.25, 0.3) is 4.85 Å². The summed E-state index contributed by atoms with van der Waals surface area (Å²) in [5, 5.41) is 9.66. The van der Waals surface area contributed by atoms with Crippen molar-refractivity contribution in [1.82, 2.24) is 14.9 Å². The minimum atomic E-state index is -0.465. The van der Waals surface area contributed by atoms with Gasteiger partial charge in [-0.1, -0.05) is 36.4 Å². The zero-order valence-corrected chi connectivity index (χ0v) is 12.3. The van der Waals surface area contributed by atoms with Crippen molar-refractivity contribution < 1.29 is 4.39 Å². The van der Waals surface area contributed by atoms with Crippen LogP contribution in [0.1, 0.15) is 11.1 Å². The fraction of sp³-hybridized carbons (Fsp3) is 0.118. The molecule has 5 nitrogen and oxygen atoms in total. The van der Waals surface area contributed by atoms with Crippen LogP contribution in [0.15, 0.2) is 61.2 Å². The second kappa shape index (κ2) is 6.71. The largest absolute Gasteiger partial charge is 0.275 e. The van der Waals surface area contributed by atoms with E-state index in [4.69, 9.17) is 6.57 Å². The third kappa shape index (κ3) is 3.35. The number of alkyl halides is 1. The molecule has 0 amide bonds. The van der Waals surface area contributed by atoms with E-state index in [1.165, 1.54) is 0 Å². The van der Waals surface area contributed by atoms with Gasteiger partial charge in [0.1, 0.15) is 19.3 Å². The summed E-state index contributed by atoms with van der Waals surface area (Å²) in [5.74, 6) is 0. The number of anilines is 1. The van der Waals surface area contributed by atoms with Gasteiger partial charge in [-0.25, -0.2) is 13.9 Å². The summed E-state index contributed by atoms with van der Waals surface area (Å²) < 4.78 is 14.4. The van der Waals surface area contributed by atoms with Crippen molar-refractivity contribution in [3.05, 3.63) is 83.7 Å². The Morgan fingerprint density at radius 1 is 0.957 bits per heavy atom. The normalized spacial score (nSPS) is 10.3. The molecule has 1 aromatic heterocycles. The minimum absolute atomic E-state index is 0.465. The topological polar surface area (TPSA) is 38.3 Å². The first-order chi connectivity index (χ1) is 11.3. The number of halogens is 1. The van der Waals surface area contributed by atoms with Crippen LogP contribution in [0.3, 0.4) is 0 Å². The predicted octanol–water partition coefficient (Wildman–Crippen LogP) is 3.77. The number of hydrogen-bond acceptors (Lipinski definition) is 3. The van der Waals surface area contributed by atoms with E-state index in [1.807, 2.05) is 29.3 Å². The van der Waals surface area contributed by atoms with Gasteiger partial charge < -0.3 is 0 Å². The lowest BCUT2D eigenvalue weighted by atomic mass is 10.1. The van der Waals surface area contributed by atoms with Crippen molar-refractivity contribution in [3.8, 4) is 0 Å². The maximum absolute atomic E-state index is 12.6. The fourth-order valence-electron chi connectivity index (χ4n) is 2.23. The highest BCUT2D eigenvalue weighted by molar-refractivity contribution is 5.55. The van der Waals surface area contributed by atoms with E-state index in [-0.39, 0.29) is 0 Å². The molecule has 0 fully saturated rings. The van der Waals surface area contributed by atoms with Crippen LogP contribution in [0.5, 0.6) is 0 Å². The molecule has 0 aliphatic carbocycles. The first-order valence-corrected chi connectivity index (χ1v) is 7.04. The van der Waals surface area contributed by atoms with Gasteiger partial charge in [0.15, 0.2) is 5.69 Å². The maximum atomic E-state index is 12.6. The molecule has 0 radical (unpaired) electrons. The monoisotopic (exact) mass is 307 g/mol. The van der Waals surface area contributed by atoms with Crippen molar-refractivity contribution in [2.24, 2.45) is 0 Å². The molecular weight excluding hydrogens is 293 g/mol. The van der Waals surface area contributed by atoms with E-state index in [0.29, 0.717) is 17.8 Å². The van der Waals surface area contributed by atoms with E-state index in [2.05, 4.69) is 15.0 Å². The first-order valence-electron chi connectivity index (χ1n) is 7.04. The second-order valence-electron chi connectivity index (χ2n) is 4.98. The summed E-state index contributed by atoms with van der Waals surface area (Å²) in [6, 6.07) is 14.7. The highest BCUT2D eigenvalue weighted by Crippen LogP contribution is 2.22. The molecule has 0 aliphatic heterocycles.